The van der Waals surface area contributed by atoms with Crippen LogP contribution in [0.15, 0.2) is 17.7 Å². The summed E-state index contributed by atoms with van der Waals surface area (Å²) in [5.74, 6) is 0. The van der Waals surface area contributed by atoms with E-state index in [-0.39, 0.29) is 0 Å². The van der Waals surface area contributed by atoms with Gasteiger partial charge in [0.2, 0.25) is 0 Å². The minimum atomic E-state index is 0.426. The summed E-state index contributed by atoms with van der Waals surface area (Å²) < 4.78 is 0. The Morgan fingerprint density at radius 2 is 2.29 bits per heavy atom. The van der Waals surface area contributed by atoms with Gasteiger partial charge in [-0.1, -0.05) is 18.6 Å². The number of nitrogens with one attached hydrogen (secondary N) is 1. The average Bonchev–Trinajstić information content (AvgIpc) is 2.83. The first-order valence-electron chi connectivity index (χ1n) is 6.70. The summed E-state index contributed by atoms with van der Waals surface area (Å²) in [6.07, 6.45) is 7.50. The lowest BCUT2D eigenvalue weighted by molar-refractivity contribution is 0.617. The predicted octanol–water partition coefficient (Wildman–Crippen LogP) is 4.24. The van der Waals surface area contributed by atoms with Crippen molar-refractivity contribution in [2.45, 2.75) is 52.5 Å². The number of fused-ring (bicyclic) bond motifs is 1. The molecule has 0 aromatic carbocycles. The maximum Gasteiger partial charge on any atom is 0.0603 e. The molecule has 94 valence electrons. The first kappa shape index (κ1) is 12.8. The van der Waals surface area contributed by atoms with Crippen LogP contribution in [0.5, 0.6) is 0 Å². The molecule has 1 aromatic heterocycles. The summed E-state index contributed by atoms with van der Waals surface area (Å²) in [5, 5.41) is 3.64. The zero-order valence-corrected chi connectivity index (χ0v) is 12.0. The molecule has 0 saturated carbocycles. The summed E-state index contributed by atoms with van der Waals surface area (Å²) in [4.78, 5) is 3.13. The molecule has 1 aromatic rings. The van der Waals surface area contributed by atoms with Crippen molar-refractivity contribution in [1.82, 2.24) is 5.32 Å². The Morgan fingerprint density at radius 1 is 1.47 bits per heavy atom. The Balaban J connectivity index is 2.16. The topological polar surface area (TPSA) is 12.0 Å². The molecule has 0 radical (unpaired) electrons. The van der Waals surface area contributed by atoms with Gasteiger partial charge in [-0.25, -0.2) is 0 Å². The van der Waals surface area contributed by atoms with Crippen LogP contribution in [0.2, 0.25) is 0 Å². The number of allylic oxidation sites excluding steroid dienone is 1. The van der Waals surface area contributed by atoms with Crippen LogP contribution >= 0.6 is 11.3 Å². The van der Waals surface area contributed by atoms with E-state index in [1.165, 1.54) is 36.1 Å². The van der Waals surface area contributed by atoms with Crippen molar-refractivity contribution < 1.29 is 0 Å². The van der Waals surface area contributed by atoms with E-state index in [9.17, 15) is 0 Å². The second-order valence-corrected chi connectivity index (χ2v) is 6.29. The fourth-order valence-electron chi connectivity index (χ4n) is 2.38. The molecule has 1 heterocycles. The maximum atomic E-state index is 3.64. The normalized spacial score (nSPS) is 15.7. The van der Waals surface area contributed by atoms with Gasteiger partial charge in [0.1, 0.15) is 0 Å². The van der Waals surface area contributed by atoms with E-state index in [0.717, 1.165) is 6.54 Å². The van der Waals surface area contributed by atoms with Crippen molar-refractivity contribution in [3.8, 4) is 0 Å². The molecule has 17 heavy (non-hydrogen) atoms. The molecule has 1 aliphatic rings. The molecular weight excluding hydrogens is 226 g/mol. The van der Waals surface area contributed by atoms with Crippen LogP contribution in [-0.2, 0) is 12.8 Å². The molecule has 0 amide bonds. The van der Waals surface area contributed by atoms with Gasteiger partial charge in [-0.3, -0.25) is 0 Å². The summed E-state index contributed by atoms with van der Waals surface area (Å²) in [6.45, 7) is 7.68. The molecule has 0 fully saturated rings. The van der Waals surface area contributed by atoms with Gasteiger partial charge in [0.25, 0.3) is 0 Å². The Bertz CT molecular complexity index is 378. The average molecular weight is 249 g/mol. The minimum absolute atomic E-state index is 0.426. The molecule has 0 bridgehead atoms. The van der Waals surface area contributed by atoms with E-state index in [4.69, 9.17) is 0 Å². The zero-order chi connectivity index (χ0) is 12.3. The molecule has 0 spiro atoms. The number of thiophene rings is 1. The maximum absolute atomic E-state index is 3.64. The summed E-state index contributed by atoms with van der Waals surface area (Å²) in [5.41, 5.74) is 3.00. The molecule has 2 rings (SSSR count). The first-order valence-corrected chi connectivity index (χ1v) is 7.52. The van der Waals surface area contributed by atoms with Crippen LogP contribution in [-0.4, -0.2) is 6.54 Å². The standard InChI is InChI=1S/C15H23NS/c1-4-8-16-13(9-11(2)3)15-10-12-6-5-7-14(12)17-15/h9-10,13,16H,4-8H2,1-3H3. The highest BCUT2D eigenvalue weighted by molar-refractivity contribution is 7.12. The number of hydrogen-bond donors (Lipinski definition) is 1. The molecule has 1 nitrogen and oxygen atoms in total. The third kappa shape index (κ3) is 3.20. The Hall–Kier alpha value is -0.600. The van der Waals surface area contributed by atoms with Gasteiger partial charge in [0.05, 0.1) is 6.04 Å². The molecule has 1 unspecified atom stereocenters. The summed E-state index contributed by atoms with van der Waals surface area (Å²) in [7, 11) is 0. The van der Waals surface area contributed by atoms with Gasteiger partial charge in [-0.2, -0.15) is 0 Å². The van der Waals surface area contributed by atoms with Gasteiger partial charge in [-0.15, -0.1) is 11.3 Å². The monoisotopic (exact) mass is 249 g/mol. The number of hydrogen-bond acceptors (Lipinski definition) is 2. The van der Waals surface area contributed by atoms with Gasteiger partial charge in [0, 0.05) is 9.75 Å². The Labute approximate surface area is 109 Å². The number of rotatable bonds is 5. The molecule has 2 heteroatoms. The van der Waals surface area contributed by atoms with Crippen LogP contribution in [0.1, 0.15) is 55.0 Å². The largest absolute Gasteiger partial charge is 0.306 e. The summed E-state index contributed by atoms with van der Waals surface area (Å²) >= 11 is 2.02. The van der Waals surface area contributed by atoms with Crippen molar-refractivity contribution >= 4 is 11.3 Å². The van der Waals surface area contributed by atoms with E-state index in [1.807, 2.05) is 11.3 Å². The summed E-state index contributed by atoms with van der Waals surface area (Å²) in [6, 6.07) is 2.86. The van der Waals surface area contributed by atoms with E-state index in [1.54, 1.807) is 10.4 Å². The van der Waals surface area contributed by atoms with E-state index in [2.05, 4.69) is 38.2 Å². The molecule has 1 N–H and O–H groups in total. The third-order valence-electron chi connectivity index (χ3n) is 3.19. The Kier molecular flexibility index (Phi) is 4.41. The molecular formula is C15H23NS. The van der Waals surface area contributed by atoms with Gasteiger partial charge in [0.15, 0.2) is 0 Å². The molecule has 1 aliphatic carbocycles. The van der Waals surface area contributed by atoms with Gasteiger partial charge in [-0.05, 0) is 57.7 Å². The molecule has 1 atom stereocenters. The van der Waals surface area contributed by atoms with Crippen molar-refractivity contribution in [3.05, 3.63) is 33.0 Å². The highest BCUT2D eigenvalue weighted by atomic mass is 32.1. The second kappa shape index (κ2) is 5.83. The van der Waals surface area contributed by atoms with Crippen molar-refractivity contribution in [2.24, 2.45) is 0 Å². The van der Waals surface area contributed by atoms with Crippen molar-refractivity contribution in [3.63, 3.8) is 0 Å². The minimum Gasteiger partial charge on any atom is -0.306 e. The third-order valence-corrected chi connectivity index (χ3v) is 4.51. The quantitative estimate of drug-likeness (QED) is 0.770. The fourth-order valence-corrected chi connectivity index (χ4v) is 3.68. The highest BCUT2D eigenvalue weighted by Gasteiger charge is 2.18. The second-order valence-electron chi connectivity index (χ2n) is 5.13. The van der Waals surface area contributed by atoms with E-state index < -0.39 is 0 Å². The van der Waals surface area contributed by atoms with Crippen LogP contribution in [0.4, 0.5) is 0 Å². The smallest absolute Gasteiger partial charge is 0.0603 e. The van der Waals surface area contributed by atoms with Crippen LogP contribution < -0.4 is 5.32 Å². The molecule has 0 aliphatic heterocycles. The fraction of sp³-hybridized carbons (Fsp3) is 0.600. The van der Waals surface area contributed by atoms with Gasteiger partial charge < -0.3 is 5.32 Å². The molecule has 0 saturated heterocycles. The predicted molar refractivity (Wildman–Crippen MR) is 76.8 cm³/mol. The van der Waals surface area contributed by atoms with E-state index in [0.29, 0.717) is 6.04 Å². The van der Waals surface area contributed by atoms with E-state index >= 15 is 0 Å². The van der Waals surface area contributed by atoms with Crippen LogP contribution in [0, 0.1) is 0 Å². The number of aryl methyl sites for hydroxylation is 2. The van der Waals surface area contributed by atoms with Gasteiger partial charge >= 0.3 is 0 Å². The van der Waals surface area contributed by atoms with Crippen molar-refractivity contribution in [2.75, 3.05) is 6.54 Å². The highest BCUT2D eigenvalue weighted by Crippen LogP contribution is 2.34. The lowest BCUT2D eigenvalue weighted by atomic mass is 10.1. The first-order chi connectivity index (χ1) is 8.20. The lowest BCUT2D eigenvalue weighted by Gasteiger charge is -2.13. The van der Waals surface area contributed by atoms with Crippen molar-refractivity contribution in [1.29, 1.82) is 0 Å². The Morgan fingerprint density at radius 3 is 2.94 bits per heavy atom. The lowest BCUT2D eigenvalue weighted by Crippen LogP contribution is -2.19. The SMILES string of the molecule is CCCNC(C=C(C)C)c1cc2c(s1)CCC2. The van der Waals surface area contributed by atoms with Crippen LogP contribution in [0.3, 0.4) is 0 Å². The van der Waals surface area contributed by atoms with Crippen LogP contribution in [0.25, 0.3) is 0 Å². The zero-order valence-electron chi connectivity index (χ0n) is 11.2.